The highest BCUT2D eigenvalue weighted by Crippen LogP contribution is 2.13. The third kappa shape index (κ3) is 2.43. The van der Waals surface area contributed by atoms with Gasteiger partial charge in [-0.1, -0.05) is 12.1 Å². The van der Waals surface area contributed by atoms with Crippen molar-refractivity contribution in [2.24, 2.45) is 0 Å². The number of para-hydroxylation sites is 1. The maximum Gasteiger partial charge on any atom is 0.420 e. The molecular formula is C11H9NO6S. The Morgan fingerprint density at radius 1 is 1.32 bits per heavy atom. The molecule has 100 valence electrons. The number of sulfonamides is 1. The molecule has 7 nitrogen and oxygen atoms in total. The maximum atomic E-state index is 12.0. The average molecular weight is 283 g/mol. The fraction of sp³-hybridized carbons (Fsp3) is 0.0909. The molecule has 0 spiro atoms. The molecule has 0 aliphatic heterocycles. The molecule has 1 amide bonds. The first-order chi connectivity index (χ1) is 8.95. The molecule has 0 atom stereocenters. The largest absolute Gasteiger partial charge is 0.463 e. The van der Waals surface area contributed by atoms with Crippen LogP contribution < -0.4 is 10.2 Å². The van der Waals surface area contributed by atoms with Crippen LogP contribution in [0.15, 0.2) is 44.6 Å². The summed E-state index contributed by atoms with van der Waals surface area (Å²) in [5, 5.41) is 0.107. The third-order valence-corrected chi connectivity index (χ3v) is 3.64. The van der Waals surface area contributed by atoms with Gasteiger partial charge in [-0.05, 0) is 12.1 Å². The van der Waals surface area contributed by atoms with E-state index in [0.29, 0.717) is 0 Å². The molecule has 0 aliphatic carbocycles. The molecule has 0 bridgehead atoms. The zero-order valence-electron chi connectivity index (χ0n) is 9.74. The molecule has 2 rings (SSSR count). The van der Waals surface area contributed by atoms with Gasteiger partial charge in [-0.25, -0.2) is 17.9 Å². The van der Waals surface area contributed by atoms with Crippen molar-refractivity contribution in [1.29, 1.82) is 0 Å². The fourth-order valence-electron chi connectivity index (χ4n) is 1.45. The number of methoxy groups -OCH3 is 1. The van der Waals surface area contributed by atoms with E-state index in [1.54, 1.807) is 16.9 Å². The molecule has 19 heavy (non-hydrogen) atoms. The number of amides is 1. The average Bonchev–Trinajstić information content (AvgIpc) is 2.38. The monoisotopic (exact) mass is 283 g/mol. The second-order valence-electron chi connectivity index (χ2n) is 3.52. The van der Waals surface area contributed by atoms with Crippen molar-refractivity contribution in [3.05, 3.63) is 40.8 Å². The summed E-state index contributed by atoms with van der Waals surface area (Å²) in [6.45, 7) is 0. The van der Waals surface area contributed by atoms with Crippen LogP contribution >= 0.6 is 0 Å². The van der Waals surface area contributed by atoms with Crippen molar-refractivity contribution in [3.63, 3.8) is 0 Å². The molecule has 1 N–H and O–H groups in total. The number of fused-ring (bicyclic) bond motifs is 1. The van der Waals surface area contributed by atoms with Gasteiger partial charge in [-0.2, -0.15) is 0 Å². The van der Waals surface area contributed by atoms with Crippen LogP contribution in [0.5, 0.6) is 0 Å². The summed E-state index contributed by atoms with van der Waals surface area (Å²) in [6, 6.07) is 6.18. The number of benzene rings is 1. The van der Waals surface area contributed by atoms with Crippen molar-refractivity contribution < 1.29 is 22.4 Å². The van der Waals surface area contributed by atoms with Crippen molar-refractivity contribution in [3.8, 4) is 0 Å². The molecule has 1 heterocycles. The van der Waals surface area contributed by atoms with Crippen LogP contribution in [0.4, 0.5) is 4.79 Å². The van der Waals surface area contributed by atoms with E-state index in [2.05, 4.69) is 4.74 Å². The Morgan fingerprint density at radius 2 is 2.00 bits per heavy atom. The van der Waals surface area contributed by atoms with E-state index < -0.39 is 26.4 Å². The molecule has 1 aromatic heterocycles. The maximum absolute atomic E-state index is 12.0. The van der Waals surface area contributed by atoms with Gasteiger partial charge in [0.1, 0.15) is 11.8 Å². The molecule has 0 saturated heterocycles. The molecule has 2 aromatic rings. The number of nitrogens with one attached hydrogen (secondary N) is 1. The van der Waals surface area contributed by atoms with E-state index in [4.69, 9.17) is 4.42 Å². The summed E-state index contributed by atoms with van der Waals surface area (Å²) in [5.74, 6) is 0. The SMILES string of the molecule is COC(=O)NS(=O)(=O)c1coc2ccccc2c1=O. The van der Waals surface area contributed by atoms with E-state index in [9.17, 15) is 18.0 Å². The quantitative estimate of drug-likeness (QED) is 0.876. The summed E-state index contributed by atoms with van der Waals surface area (Å²) in [4.78, 5) is 22.3. The third-order valence-electron chi connectivity index (χ3n) is 2.34. The van der Waals surface area contributed by atoms with Gasteiger partial charge in [-0.3, -0.25) is 4.79 Å². The second kappa shape index (κ2) is 4.73. The molecule has 0 saturated carbocycles. The van der Waals surface area contributed by atoms with Gasteiger partial charge in [0.15, 0.2) is 4.90 Å². The number of hydrogen-bond acceptors (Lipinski definition) is 6. The molecule has 8 heteroatoms. The van der Waals surface area contributed by atoms with Crippen LogP contribution in [0.2, 0.25) is 0 Å². The van der Waals surface area contributed by atoms with Gasteiger partial charge in [0.25, 0.3) is 10.0 Å². The molecule has 0 aliphatic rings. The second-order valence-corrected chi connectivity index (χ2v) is 5.17. The Morgan fingerprint density at radius 3 is 2.68 bits per heavy atom. The van der Waals surface area contributed by atoms with Crippen LogP contribution in [-0.4, -0.2) is 21.6 Å². The van der Waals surface area contributed by atoms with E-state index in [1.807, 2.05) is 0 Å². The molecule has 0 radical (unpaired) electrons. The van der Waals surface area contributed by atoms with Crippen molar-refractivity contribution in [1.82, 2.24) is 4.72 Å². The zero-order chi connectivity index (χ0) is 14.0. The van der Waals surface area contributed by atoms with E-state index in [0.717, 1.165) is 13.4 Å². The first-order valence-corrected chi connectivity index (χ1v) is 6.55. The van der Waals surface area contributed by atoms with Gasteiger partial charge in [0.05, 0.1) is 12.5 Å². The zero-order valence-corrected chi connectivity index (χ0v) is 10.6. The van der Waals surface area contributed by atoms with Crippen LogP contribution in [0.1, 0.15) is 0 Å². The fourth-order valence-corrected chi connectivity index (χ4v) is 2.39. The van der Waals surface area contributed by atoms with Gasteiger partial charge in [-0.15, -0.1) is 0 Å². The summed E-state index contributed by atoms with van der Waals surface area (Å²) in [6.07, 6.45) is -0.400. The first kappa shape index (κ1) is 13.1. The van der Waals surface area contributed by atoms with E-state index >= 15 is 0 Å². The molecule has 0 unspecified atom stereocenters. The highest BCUT2D eigenvalue weighted by Gasteiger charge is 2.23. The van der Waals surface area contributed by atoms with Gasteiger partial charge < -0.3 is 9.15 Å². The van der Waals surface area contributed by atoms with E-state index in [1.165, 1.54) is 12.1 Å². The van der Waals surface area contributed by atoms with Crippen molar-refractivity contribution >= 4 is 27.1 Å². The van der Waals surface area contributed by atoms with Crippen LogP contribution in [0.25, 0.3) is 11.0 Å². The Hall–Kier alpha value is -2.35. The summed E-state index contributed by atoms with van der Waals surface area (Å²) >= 11 is 0. The molecule has 1 aromatic carbocycles. The van der Waals surface area contributed by atoms with Crippen molar-refractivity contribution in [2.45, 2.75) is 4.90 Å². The summed E-state index contributed by atoms with van der Waals surface area (Å²) in [7, 11) is -3.32. The predicted molar refractivity (Wildman–Crippen MR) is 65.2 cm³/mol. The Balaban J connectivity index is 2.61. The summed E-state index contributed by atoms with van der Waals surface area (Å²) < 4.78 is 34.4. The number of carbonyl (C=O) groups is 1. The Labute approximate surface area is 107 Å². The lowest BCUT2D eigenvalue weighted by atomic mass is 10.2. The number of hydrogen-bond donors (Lipinski definition) is 1. The lowest BCUT2D eigenvalue weighted by molar-refractivity contribution is 0.177. The lowest BCUT2D eigenvalue weighted by Gasteiger charge is -2.05. The van der Waals surface area contributed by atoms with Crippen LogP contribution in [0, 0.1) is 0 Å². The minimum absolute atomic E-state index is 0.107. The highest BCUT2D eigenvalue weighted by molar-refractivity contribution is 7.90. The number of carbonyl (C=O) groups excluding carboxylic acids is 1. The van der Waals surface area contributed by atoms with E-state index in [-0.39, 0.29) is 11.0 Å². The van der Waals surface area contributed by atoms with Crippen LogP contribution in [0.3, 0.4) is 0 Å². The number of rotatable bonds is 2. The van der Waals surface area contributed by atoms with Crippen molar-refractivity contribution in [2.75, 3.05) is 7.11 Å². The minimum atomic E-state index is -4.32. The van der Waals surface area contributed by atoms with Gasteiger partial charge in [0.2, 0.25) is 5.43 Å². The minimum Gasteiger partial charge on any atom is -0.463 e. The summed E-state index contributed by atoms with van der Waals surface area (Å²) in [5.41, 5.74) is -0.497. The topological polar surface area (TPSA) is 103 Å². The molecular weight excluding hydrogens is 274 g/mol. The lowest BCUT2D eigenvalue weighted by Crippen LogP contribution is -2.33. The van der Waals surface area contributed by atoms with Crippen LogP contribution in [-0.2, 0) is 14.8 Å². The Bertz CT molecular complexity index is 792. The normalized spacial score (nSPS) is 11.2. The number of ether oxygens (including phenoxy) is 1. The molecule has 0 fully saturated rings. The Kier molecular flexibility index (Phi) is 3.26. The van der Waals surface area contributed by atoms with Gasteiger partial charge >= 0.3 is 6.09 Å². The predicted octanol–water partition coefficient (Wildman–Crippen LogP) is 0.838. The highest BCUT2D eigenvalue weighted by atomic mass is 32.2. The van der Waals surface area contributed by atoms with Gasteiger partial charge in [0, 0.05) is 0 Å². The first-order valence-electron chi connectivity index (χ1n) is 5.07. The smallest absolute Gasteiger partial charge is 0.420 e. The standard InChI is InChI=1S/C11H9NO6S/c1-17-11(14)12-19(15,16)9-6-18-8-5-3-2-4-7(8)10(9)13/h2-6H,1H3,(H,12,14).